The molecule has 2 aromatic heterocycles. The molecule has 2 N–H and O–H groups in total. The number of hydrogen-bond acceptors (Lipinski definition) is 6. The second kappa shape index (κ2) is 6.07. The quantitative estimate of drug-likeness (QED) is 0.893. The first-order chi connectivity index (χ1) is 10.7. The number of nitrogens with zero attached hydrogens (tertiary/aromatic N) is 2. The van der Waals surface area contributed by atoms with E-state index in [2.05, 4.69) is 15.5 Å². The number of carbonyl (C=O) groups is 2. The van der Waals surface area contributed by atoms with Gasteiger partial charge in [0.1, 0.15) is 11.3 Å². The van der Waals surface area contributed by atoms with Crippen molar-refractivity contribution in [2.24, 2.45) is 0 Å². The van der Waals surface area contributed by atoms with Gasteiger partial charge in [-0.15, -0.1) is 0 Å². The van der Waals surface area contributed by atoms with E-state index in [1.54, 1.807) is 33.8 Å². The second-order valence-corrected chi connectivity index (χ2v) is 5.87. The molecule has 8 nitrogen and oxygen atoms in total. The zero-order valence-electron chi connectivity index (χ0n) is 13.2. The average Bonchev–Trinajstić information content (AvgIpc) is 2.88. The number of carboxylic acid groups (broad SMARTS) is 1. The molecule has 23 heavy (non-hydrogen) atoms. The highest BCUT2D eigenvalue weighted by Gasteiger charge is 2.18. The average molecular weight is 319 g/mol. The van der Waals surface area contributed by atoms with Gasteiger partial charge in [0, 0.05) is 17.3 Å². The normalized spacial score (nSPS) is 11.1. The zero-order chi connectivity index (χ0) is 17.2. The van der Waals surface area contributed by atoms with Gasteiger partial charge in [0.15, 0.2) is 0 Å². The number of nitrogens with one attached hydrogen (secondary N) is 1. The molecule has 0 aliphatic rings. The van der Waals surface area contributed by atoms with Crippen LogP contribution in [0.4, 0.5) is 10.5 Å². The minimum atomic E-state index is -1.21. The van der Waals surface area contributed by atoms with Gasteiger partial charge in [-0.25, -0.2) is 9.59 Å². The van der Waals surface area contributed by atoms with Gasteiger partial charge in [0.05, 0.1) is 11.9 Å². The molecule has 0 radical (unpaired) electrons. The van der Waals surface area contributed by atoms with E-state index in [-0.39, 0.29) is 5.76 Å². The van der Waals surface area contributed by atoms with Gasteiger partial charge < -0.3 is 14.4 Å². The van der Waals surface area contributed by atoms with E-state index in [1.807, 2.05) is 0 Å². The van der Waals surface area contributed by atoms with Gasteiger partial charge >= 0.3 is 12.1 Å². The molecule has 0 saturated heterocycles. The van der Waals surface area contributed by atoms with Crippen molar-refractivity contribution >= 4 is 17.7 Å². The van der Waals surface area contributed by atoms with Crippen LogP contribution in [0.1, 0.15) is 37.0 Å². The summed E-state index contributed by atoms with van der Waals surface area (Å²) in [5.41, 5.74) is 1.27. The van der Waals surface area contributed by atoms with Crippen molar-refractivity contribution in [2.45, 2.75) is 33.3 Å². The molecule has 0 aliphatic heterocycles. The molecule has 8 heteroatoms. The predicted molar refractivity (Wildman–Crippen MR) is 81.3 cm³/mol. The molecule has 2 heterocycles. The summed E-state index contributed by atoms with van der Waals surface area (Å²) in [6.45, 7) is 7.01. The third-order valence-corrected chi connectivity index (χ3v) is 2.73. The summed E-state index contributed by atoms with van der Waals surface area (Å²) in [5.74, 6) is -1.48. The fraction of sp³-hybridized carbons (Fsp3) is 0.333. The predicted octanol–water partition coefficient (Wildman–Crippen LogP) is 3.09. The maximum atomic E-state index is 11.8. The SMILES string of the molecule is Cc1ncc(NC(=O)OC(C)(C)C)cc1-c1cc(C(=O)O)on1. The van der Waals surface area contributed by atoms with Crippen LogP contribution in [0.5, 0.6) is 0 Å². The van der Waals surface area contributed by atoms with Crippen molar-refractivity contribution in [3.63, 3.8) is 0 Å². The maximum Gasteiger partial charge on any atom is 0.412 e. The maximum absolute atomic E-state index is 11.8. The monoisotopic (exact) mass is 319 g/mol. The number of rotatable bonds is 3. The molecule has 0 saturated carbocycles. The largest absolute Gasteiger partial charge is 0.475 e. The van der Waals surface area contributed by atoms with Crippen LogP contribution in [-0.2, 0) is 4.74 Å². The lowest BCUT2D eigenvalue weighted by Gasteiger charge is -2.19. The third-order valence-electron chi connectivity index (χ3n) is 2.73. The number of hydrogen-bond donors (Lipinski definition) is 2. The van der Waals surface area contributed by atoms with Gasteiger partial charge in [-0.3, -0.25) is 10.3 Å². The van der Waals surface area contributed by atoms with Crippen molar-refractivity contribution in [2.75, 3.05) is 5.32 Å². The van der Waals surface area contributed by atoms with Crippen LogP contribution in [0.25, 0.3) is 11.3 Å². The minimum absolute atomic E-state index is 0.273. The van der Waals surface area contributed by atoms with Crippen molar-refractivity contribution in [1.82, 2.24) is 10.1 Å². The summed E-state index contributed by atoms with van der Waals surface area (Å²) in [4.78, 5) is 26.8. The van der Waals surface area contributed by atoms with Crippen LogP contribution in [0, 0.1) is 6.92 Å². The molecule has 0 aliphatic carbocycles. The van der Waals surface area contributed by atoms with Gasteiger partial charge in [-0.2, -0.15) is 0 Å². The fourth-order valence-electron chi connectivity index (χ4n) is 1.79. The van der Waals surface area contributed by atoms with Crippen LogP contribution >= 0.6 is 0 Å². The first-order valence-electron chi connectivity index (χ1n) is 6.83. The number of aromatic carboxylic acids is 1. The zero-order valence-corrected chi connectivity index (χ0v) is 13.2. The molecular weight excluding hydrogens is 302 g/mol. The van der Waals surface area contributed by atoms with E-state index < -0.39 is 17.7 Å². The Bertz CT molecular complexity index is 746. The second-order valence-electron chi connectivity index (χ2n) is 5.87. The Morgan fingerprint density at radius 1 is 1.30 bits per heavy atom. The number of aryl methyl sites for hydroxylation is 1. The Balaban J connectivity index is 2.25. The Hall–Kier alpha value is -2.90. The highest BCUT2D eigenvalue weighted by Crippen LogP contribution is 2.25. The molecule has 2 rings (SSSR count). The number of pyridine rings is 1. The lowest BCUT2D eigenvalue weighted by Crippen LogP contribution is -2.27. The Kier molecular flexibility index (Phi) is 4.35. The number of carboxylic acids is 1. The highest BCUT2D eigenvalue weighted by atomic mass is 16.6. The Morgan fingerprint density at radius 3 is 2.57 bits per heavy atom. The molecule has 0 spiro atoms. The Labute approximate surface area is 132 Å². The molecule has 1 amide bonds. The Morgan fingerprint density at radius 2 is 2.00 bits per heavy atom. The fourth-order valence-corrected chi connectivity index (χ4v) is 1.79. The minimum Gasteiger partial charge on any atom is -0.475 e. The van der Waals surface area contributed by atoms with Crippen molar-refractivity contribution in [3.05, 3.63) is 29.8 Å². The van der Waals surface area contributed by atoms with Crippen molar-refractivity contribution < 1.29 is 24.0 Å². The highest BCUT2D eigenvalue weighted by molar-refractivity contribution is 5.87. The summed E-state index contributed by atoms with van der Waals surface area (Å²) < 4.78 is 9.90. The van der Waals surface area contributed by atoms with Gasteiger partial charge in [0.25, 0.3) is 0 Å². The summed E-state index contributed by atoms with van der Waals surface area (Å²) in [7, 11) is 0. The lowest BCUT2D eigenvalue weighted by atomic mass is 10.1. The van der Waals surface area contributed by atoms with Crippen molar-refractivity contribution in [3.8, 4) is 11.3 Å². The molecule has 0 aromatic carbocycles. The van der Waals surface area contributed by atoms with Crippen LogP contribution in [0.3, 0.4) is 0 Å². The van der Waals surface area contributed by atoms with E-state index in [9.17, 15) is 9.59 Å². The van der Waals surface area contributed by atoms with E-state index >= 15 is 0 Å². The number of amides is 1. The van der Waals surface area contributed by atoms with Crippen LogP contribution in [0.2, 0.25) is 0 Å². The van der Waals surface area contributed by atoms with Gasteiger partial charge in [-0.1, -0.05) is 5.16 Å². The molecular formula is C15H17N3O5. The first-order valence-corrected chi connectivity index (χ1v) is 6.83. The van der Waals surface area contributed by atoms with Gasteiger partial charge in [-0.05, 0) is 33.8 Å². The van der Waals surface area contributed by atoms with E-state index in [0.29, 0.717) is 22.6 Å². The van der Waals surface area contributed by atoms with Gasteiger partial charge in [0.2, 0.25) is 5.76 Å². The smallest absolute Gasteiger partial charge is 0.412 e. The van der Waals surface area contributed by atoms with E-state index in [1.165, 1.54) is 12.3 Å². The number of aromatic nitrogens is 2. The summed E-state index contributed by atoms with van der Waals surface area (Å²) in [6, 6.07) is 2.92. The molecule has 0 unspecified atom stereocenters. The molecule has 122 valence electrons. The standard InChI is InChI=1S/C15H17N3O5/c1-8-10(11-6-12(13(19)20)23-18-11)5-9(7-16-8)17-14(21)22-15(2,3)4/h5-7H,1-4H3,(H,17,21)(H,19,20). The third kappa shape index (κ3) is 4.29. The molecule has 0 fully saturated rings. The first kappa shape index (κ1) is 16.5. The molecule has 2 aromatic rings. The summed E-state index contributed by atoms with van der Waals surface area (Å²) in [6.07, 6.45) is 0.862. The number of anilines is 1. The number of carbonyl (C=O) groups excluding carboxylic acids is 1. The summed E-state index contributed by atoms with van der Waals surface area (Å²) >= 11 is 0. The molecule has 0 atom stereocenters. The van der Waals surface area contributed by atoms with Crippen LogP contribution in [-0.4, -0.2) is 32.9 Å². The van der Waals surface area contributed by atoms with E-state index in [0.717, 1.165) is 0 Å². The summed E-state index contributed by atoms with van der Waals surface area (Å²) in [5, 5.41) is 15.1. The molecule has 0 bridgehead atoms. The van der Waals surface area contributed by atoms with Crippen LogP contribution < -0.4 is 5.32 Å². The lowest BCUT2D eigenvalue weighted by molar-refractivity contribution is 0.0630. The van der Waals surface area contributed by atoms with Crippen molar-refractivity contribution in [1.29, 1.82) is 0 Å². The topological polar surface area (TPSA) is 115 Å². The van der Waals surface area contributed by atoms with E-state index in [4.69, 9.17) is 14.4 Å². The number of ether oxygens (including phenoxy) is 1. The van der Waals surface area contributed by atoms with Crippen LogP contribution in [0.15, 0.2) is 22.9 Å².